The maximum absolute atomic E-state index is 2.33. The predicted octanol–water partition coefficient (Wildman–Crippen LogP) is 7.83. The third-order valence-corrected chi connectivity index (χ3v) is 4.54. The molecule has 136 valence electrons. The van der Waals surface area contributed by atoms with E-state index >= 15 is 0 Å². The Morgan fingerprint density at radius 2 is 1.26 bits per heavy atom. The van der Waals surface area contributed by atoms with Crippen LogP contribution >= 0.6 is 0 Å². The lowest BCUT2D eigenvalue weighted by Gasteiger charge is -2.28. The molecule has 0 atom stereocenters. The van der Waals surface area contributed by atoms with Crippen molar-refractivity contribution in [2.45, 2.75) is 27.7 Å². The molecule has 0 N–H and O–H groups in total. The molecule has 1 heteroatoms. The number of benzene rings is 3. The van der Waals surface area contributed by atoms with E-state index in [0.29, 0.717) is 0 Å². The van der Waals surface area contributed by atoms with Crippen molar-refractivity contribution < 1.29 is 0 Å². The third kappa shape index (κ3) is 4.57. The Morgan fingerprint density at radius 1 is 0.667 bits per heavy atom. The van der Waals surface area contributed by atoms with Gasteiger partial charge in [-0.3, -0.25) is 0 Å². The van der Waals surface area contributed by atoms with Crippen LogP contribution in [0, 0.1) is 6.92 Å². The van der Waals surface area contributed by atoms with Gasteiger partial charge in [0.1, 0.15) is 0 Å². The van der Waals surface area contributed by atoms with Crippen molar-refractivity contribution in [3.8, 4) is 0 Å². The van der Waals surface area contributed by atoms with E-state index in [0.717, 1.165) is 11.4 Å². The zero-order valence-electron chi connectivity index (χ0n) is 16.6. The largest absolute Gasteiger partial charge is 0.310 e. The molecule has 0 spiro atoms. The first-order chi connectivity index (χ1) is 13.1. The van der Waals surface area contributed by atoms with Gasteiger partial charge in [0.05, 0.1) is 5.69 Å². The lowest BCUT2D eigenvalue weighted by molar-refractivity contribution is 1.26. The van der Waals surface area contributed by atoms with E-state index in [2.05, 4.69) is 124 Å². The van der Waals surface area contributed by atoms with Crippen molar-refractivity contribution in [1.29, 1.82) is 0 Å². The van der Waals surface area contributed by atoms with E-state index in [1.807, 2.05) is 0 Å². The molecule has 0 amide bonds. The monoisotopic (exact) mass is 353 g/mol. The van der Waals surface area contributed by atoms with Gasteiger partial charge in [-0.2, -0.15) is 0 Å². The van der Waals surface area contributed by atoms with E-state index in [9.17, 15) is 0 Å². The molecule has 1 nitrogen and oxygen atoms in total. The molecule has 0 aliphatic carbocycles. The van der Waals surface area contributed by atoms with Gasteiger partial charge in [0.15, 0.2) is 0 Å². The van der Waals surface area contributed by atoms with Crippen molar-refractivity contribution in [2.75, 3.05) is 4.90 Å². The lowest BCUT2D eigenvalue weighted by atomic mass is 10.0. The summed E-state index contributed by atoms with van der Waals surface area (Å²) >= 11 is 0. The van der Waals surface area contributed by atoms with Gasteiger partial charge in [-0.05, 0) is 63.6 Å². The fourth-order valence-electron chi connectivity index (χ4n) is 3.08. The first-order valence-corrected chi connectivity index (χ1v) is 9.39. The van der Waals surface area contributed by atoms with Crippen LogP contribution in [0.3, 0.4) is 0 Å². The van der Waals surface area contributed by atoms with Crippen LogP contribution in [0.25, 0.3) is 5.57 Å². The average Bonchev–Trinajstić information content (AvgIpc) is 2.69. The highest BCUT2D eigenvalue weighted by atomic mass is 15.1. The van der Waals surface area contributed by atoms with Gasteiger partial charge in [-0.25, -0.2) is 0 Å². The maximum Gasteiger partial charge on any atom is 0.0536 e. The van der Waals surface area contributed by atoms with Crippen LogP contribution in [-0.2, 0) is 0 Å². The van der Waals surface area contributed by atoms with Crippen LogP contribution in [0.15, 0.2) is 96.6 Å². The Bertz CT molecular complexity index is 943. The number of rotatable bonds is 5. The number of anilines is 3. The molecule has 0 aliphatic heterocycles. The van der Waals surface area contributed by atoms with E-state index in [-0.39, 0.29) is 0 Å². The van der Waals surface area contributed by atoms with Gasteiger partial charge in [-0.15, -0.1) is 0 Å². The lowest BCUT2D eigenvalue weighted by Crippen LogP contribution is -2.11. The molecular formula is C26H27N. The fourth-order valence-corrected chi connectivity index (χ4v) is 3.08. The zero-order valence-corrected chi connectivity index (χ0v) is 16.6. The van der Waals surface area contributed by atoms with Crippen molar-refractivity contribution in [1.82, 2.24) is 0 Å². The smallest absolute Gasteiger partial charge is 0.0536 e. The van der Waals surface area contributed by atoms with E-state index < -0.39 is 0 Å². The molecule has 0 heterocycles. The molecule has 27 heavy (non-hydrogen) atoms. The van der Waals surface area contributed by atoms with Crippen molar-refractivity contribution in [3.63, 3.8) is 0 Å². The van der Waals surface area contributed by atoms with Crippen molar-refractivity contribution >= 4 is 22.6 Å². The summed E-state index contributed by atoms with van der Waals surface area (Å²) in [5.41, 5.74) is 8.55. The Hall–Kier alpha value is -3.06. The SMILES string of the molecule is CC(C)=CC=C(C)c1ccccc1N(c1ccccc1)c1ccc(C)cc1. The summed E-state index contributed by atoms with van der Waals surface area (Å²) in [6.07, 6.45) is 4.37. The molecule has 0 saturated carbocycles. The van der Waals surface area contributed by atoms with Crippen LogP contribution in [0.4, 0.5) is 17.1 Å². The van der Waals surface area contributed by atoms with Crippen LogP contribution in [-0.4, -0.2) is 0 Å². The highest BCUT2D eigenvalue weighted by molar-refractivity contribution is 5.85. The Kier molecular flexibility index (Phi) is 5.93. The minimum Gasteiger partial charge on any atom is -0.310 e. The molecule has 3 rings (SSSR count). The molecule has 3 aromatic rings. The van der Waals surface area contributed by atoms with Crippen molar-refractivity contribution in [2.24, 2.45) is 0 Å². The van der Waals surface area contributed by atoms with E-state index in [1.54, 1.807) is 0 Å². The molecule has 0 bridgehead atoms. The van der Waals surface area contributed by atoms with Crippen LogP contribution < -0.4 is 4.90 Å². The number of aryl methyl sites for hydroxylation is 1. The summed E-state index contributed by atoms with van der Waals surface area (Å²) in [7, 11) is 0. The minimum absolute atomic E-state index is 1.16. The standard InChI is InChI=1S/C26H27N/c1-20(2)14-17-22(4)25-12-8-9-13-26(25)27(23-10-6-5-7-11-23)24-18-15-21(3)16-19-24/h5-19H,1-4H3. The minimum atomic E-state index is 1.16. The Labute approximate surface area is 163 Å². The number of hydrogen-bond donors (Lipinski definition) is 0. The third-order valence-electron chi connectivity index (χ3n) is 4.54. The van der Waals surface area contributed by atoms with Gasteiger partial charge in [-0.1, -0.05) is 71.8 Å². The second-order valence-corrected chi connectivity index (χ2v) is 7.12. The van der Waals surface area contributed by atoms with Gasteiger partial charge >= 0.3 is 0 Å². The summed E-state index contributed by atoms with van der Waals surface area (Å²) in [6.45, 7) is 8.55. The van der Waals surface area contributed by atoms with Gasteiger partial charge < -0.3 is 4.90 Å². The normalized spacial score (nSPS) is 11.2. The van der Waals surface area contributed by atoms with Gasteiger partial charge in [0.25, 0.3) is 0 Å². The number of nitrogens with zero attached hydrogens (tertiary/aromatic N) is 1. The summed E-state index contributed by atoms with van der Waals surface area (Å²) in [4.78, 5) is 2.33. The summed E-state index contributed by atoms with van der Waals surface area (Å²) in [6, 6.07) is 27.9. The number of allylic oxidation sites excluding steroid dienone is 4. The Balaban J connectivity index is 2.18. The second-order valence-electron chi connectivity index (χ2n) is 7.12. The maximum atomic E-state index is 2.33. The van der Waals surface area contributed by atoms with Crippen molar-refractivity contribution in [3.05, 3.63) is 108 Å². The van der Waals surface area contributed by atoms with E-state index in [1.165, 1.54) is 28.0 Å². The highest BCUT2D eigenvalue weighted by Crippen LogP contribution is 2.38. The fraction of sp³-hybridized carbons (Fsp3) is 0.154. The van der Waals surface area contributed by atoms with E-state index in [4.69, 9.17) is 0 Å². The molecule has 0 radical (unpaired) electrons. The summed E-state index contributed by atoms with van der Waals surface area (Å²) in [5, 5.41) is 0. The molecule has 0 aromatic heterocycles. The Morgan fingerprint density at radius 3 is 1.93 bits per heavy atom. The zero-order chi connectivity index (χ0) is 19.2. The second kappa shape index (κ2) is 8.55. The molecule has 3 aromatic carbocycles. The predicted molar refractivity (Wildman–Crippen MR) is 119 cm³/mol. The molecule has 0 fully saturated rings. The molecule has 0 aliphatic rings. The summed E-state index contributed by atoms with van der Waals surface area (Å²) in [5.74, 6) is 0. The molecular weight excluding hydrogens is 326 g/mol. The topological polar surface area (TPSA) is 3.24 Å². The van der Waals surface area contributed by atoms with Gasteiger partial charge in [0.2, 0.25) is 0 Å². The first-order valence-electron chi connectivity index (χ1n) is 9.39. The van der Waals surface area contributed by atoms with Crippen LogP contribution in [0.2, 0.25) is 0 Å². The molecule has 0 unspecified atom stereocenters. The molecule has 0 saturated heterocycles. The average molecular weight is 354 g/mol. The number of para-hydroxylation sites is 2. The highest BCUT2D eigenvalue weighted by Gasteiger charge is 2.15. The number of hydrogen-bond acceptors (Lipinski definition) is 1. The van der Waals surface area contributed by atoms with Gasteiger partial charge in [0, 0.05) is 16.9 Å². The quantitative estimate of drug-likeness (QED) is 0.422. The summed E-state index contributed by atoms with van der Waals surface area (Å²) < 4.78 is 0. The van der Waals surface area contributed by atoms with Crippen LogP contribution in [0.1, 0.15) is 31.9 Å². The first kappa shape index (κ1) is 18.7. The van der Waals surface area contributed by atoms with Crippen LogP contribution in [0.5, 0.6) is 0 Å².